The van der Waals surface area contributed by atoms with Gasteiger partial charge in [0.25, 0.3) is 5.91 Å². The molecule has 5 nitrogen and oxygen atoms in total. The van der Waals surface area contributed by atoms with Crippen LogP contribution >= 0.6 is 0 Å². The molecule has 132 valence electrons. The summed E-state index contributed by atoms with van der Waals surface area (Å²) in [5.74, 6) is 1.78. The van der Waals surface area contributed by atoms with Crippen molar-refractivity contribution in [2.75, 3.05) is 7.05 Å². The maximum atomic E-state index is 13.1. The SMILES string of the molecule is CN(C(=O)c1cn[nH]c1C1CCCCC1)C1C[C@H]2CC(O)C[C@H]2C1. The maximum Gasteiger partial charge on any atom is 0.257 e. The lowest BCUT2D eigenvalue weighted by Crippen LogP contribution is -2.36. The minimum absolute atomic E-state index is 0.117. The molecule has 1 heterocycles. The van der Waals surface area contributed by atoms with Gasteiger partial charge in [0.15, 0.2) is 0 Å². The molecule has 0 spiro atoms. The first kappa shape index (κ1) is 16.1. The molecule has 3 fully saturated rings. The number of H-pyrrole nitrogens is 1. The second-order valence-electron chi connectivity index (χ2n) is 8.22. The van der Waals surface area contributed by atoms with Gasteiger partial charge in [-0.25, -0.2) is 0 Å². The largest absolute Gasteiger partial charge is 0.393 e. The zero-order chi connectivity index (χ0) is 16.7. The molecule has 5 heteroatoms. The smallest absolute Gasteiger partial charge is 0.257 e. The molecular formula is C19H29N3O2. The van der Waals surface area contributed by atoms with E-state index in [1.54, 1.807) is 6.20 Å². The lowest BCUT2D eigenvalue weighted by atomic mass is 9.85. The van der Waals surface area contributed by atoms with Crippen molar-refractivity contribution in [2.24, 2.45) is 11.8 Å². The minimum Gasteiger partial charge on any atom is -0.393 e. The van der Waals surface area contributed by atoms with Gasteiger partial charge < -0.3 is 10.0 Å². The molecule has 0 radical (unpaired) electrons. The third-order valence-electron chi connectivity index (χ3n) is 6.75. The molecule has 4 rings (SSSR count). The molecule has 2 unspecified atom stereocenters. The van der Waals surface area contributed by atoms with Crippen LogP contribution in [0.5, 0.6) is 0 Å². The highest BCUT2D eigenvalue weighted by Crippen LogP contribution is 2.45. The van der Waals surface area contributed by atoms with Gasteiger partial charge in [-0.3, -0.25) is 9.89 Å². The number of nitrogens with zero attached hydrogens (tertiary/aromatic N) is 2. The summed E-state index contributed by atoms with van der Waals surface area (Å²) in [5.41, 5.74) is 1.83. The Kier molecular flexibility index (Phi) is 4.37. The Morgan fingerprint density at radius 1 is 1.17 bits per heavy atom. The van der Waals surface area contributed by atoms with E-state index in [0.717, 1.165) is 49.8 Å². The van der Waals surface area contributed by atoms with E-state index in [0.29, 0.717) is 23.8 Å². The van der Waals surface area contributed by atoms with E-state index >= 15 is 0 Å². The van der Waals surface area contributed by atoms with E-state index in [4.69, 9.17) is 0 Å². The van der Waals surface area contributed by atoms with Crippen LogP contribution in [-0.2, 0) is 0 Å². The van der Waals surface area contributed by atoms with Crippen LogP contribution in [0.4, 0.5) is 0 Å². The van der Waals surface area contributed by atoms with Crippen molar-refractivity contribution in [1.29, 1.82) is 0 Å². The number of aromatic nitrogens is 2. The molecule has 3 aliphatic carbocycles. The lowest BCUT2D eigenvalue weighted by molar-refractivity contribution is 0.0720. The second-order valence-corrected chi connectivity index (χ2v) is 8.22. The van der Waals surface area contributed by atoms with Crippen molar-refractivity contribution in [1.82, 2.24) is 15.1 Å². The number of carbonyl (C=O) groups excluding carboxylic acids is 1. The van der Waals surface area contributed by atoms with E-state index in [2.05, 4.69) is 10.2 Å². The quantitative estimate of drug-likeness (QED) is 0.894. The van der Waals surface area contributed by atoms with E-state index in [1.165, 1.54) is 19.3 Å². The molecular weight excluding hydrogens is 302 g/mol. The van der Waals surface area contributed by atoms with Crippen LogP contribution in [0.2, 0.25) is 0 Å². The van der Waals surface area contributed by atoms with Crippen LogP contribution in [0.25, 0.3) is 0 Å². The van der Waals surface area contributed by atoms with Gasteiger partial charge in [0.05, 0.1) is 23.6 Å². The van der Waals surface area contributed by atoms with Crippen molar-refractivity contribution in [2.45, 2.75) is 75.9 Å². The first-order valence-electron chi connectivity index (χ1n) is 9.62. The first-order chi connectivity index (χ1) is 11.6. The maximum absolute atomic E-state index is 13.1. The van der Waals surface area contributed by atoms with Gasteiger partial charge in [-0.15, -0.1) is 0 Å². The number of hydrogen-bond donors (Lipinski definition) is 2. The van der Waals surface area contributed by atoms with Crippen molar-refractivity contribution < 1.29 is 9.90 Å². The second kappa shape index (κ2) is 6.51. The molecule has 0 aromatic carbocycles. The number of aliphatic hydroxyl groups is 1. The fraction of sp³-hybridized carbons (Fsp3) is 0.789. The van der Waals surface area contributed by atoms with E-state index in [1.807, 2.05) is 11.9 Å². The van der Waals surface area contributed by atoms with Gasteiger partial charge in [0.1, 0.15) is 0 Å². The van der Waals surface area contributed by atoms with Gasteiger partial charge in [0.2, 0.25) is 0 Å². The Hall–Kier alpha value is -1.36. The Balaban J connectivity index is 1.45. The predicted molar refractivity (Wildman–Crippen MR) is 91.8 cm³/mol. The van der Waals surface area contributed by atoms with Gasteiger partial charge in [-0.2, -0.15) is 5.10 Å². The molecule has 3 saturated carbocycles. The molecule has 4 atom stereocenters. The standard InChI is InChI=1S/C19H29N3O2/c1-22(15-7-13-9-16(23)10-14(13)8-15)19(24)17-11-20-21-18(17)12-5-3-2-4-6-12/h11-16,23H,2-10H2,1H3,(H,20,21)/t13-,14+,15?,16?. The monoisotopic (exact) mass is 331 g/mol. The van der Waals surface area contributed by atoms with E-state index in [9.17, 15) is 9.90 Å². The molecule has 1 aromatic rings. The number of rotatable bonds is 3. The molecule has 1 aromatic heterocycles. The molecule has 3 aliphatic rings. The van der Waals surface area contributed by atoms with E-state index < -0.39 is 0 Å². The van der Waals surface area contributed by atoms with Gasteiger partial charge in [-0.1, -0.05) is 19.3 Å². The number of aromatic amines is 1. The van der Waals surface area contributed by atoms with Crippen molar-refractivity contribution in [3.63, 3.8) is 0 Å². The van der Waals surface area contributed by atoms with Crippen molar-refractivity contribution in [3.05, 3.63) is 17.5 Å². The number of carbonyl (C=O) groups is 1. The predicted octanol–water partition coefficient (Wildman–Crippen LogP) is 3.08. The van der Waals surface area contributed by atoms with E-state index in [-0.39, 0.29) is 12.0 Å². The Morgan fingerprint density at radius 2 is 1.83 bits per heavy atom. The Bertz CT molecular complexity index is 579. The number of nitrogens with one attached hydrogen (secondary N) is 1. The average molecular weight is 331 g/mol. The fourth-order valence-electron chi connectivity index (χ4n) is 5.39. The third-order valence-corrected chi connectivity index (χ3v) is 6.75. The number of amides is 1. The average Bonchev–Trinajstić information content (AvgIpc) is 3.28. The zero-order valence-corrected chi connectivity index (χ0v) is 14.6. The summed E-state index contributed by atoms with van der Waals surface area (Å²) in [5, 5.41) is 17.1. The third kappa shape index (κ3) is 2.87. The van der Waals surface area contributed by atoms with Crippen LogP contribution in [0, 0.1) is 11.8 Å². The Morgan fingerprint density at radius 3 is 2.50 bits per heavy atom. The van der Waals surface area contributed by atoms with Crippen LogP contribution in [0.1, 0.15) is 79.8 Å². The summed E-state index contributed by atoms with van der Waals surface area (Å²) in [6.45, 7) is 0. The van der Waals surface area contributed by atoms with Crippen molar-refractivity contribution in [3.8, 4) is 0 Å². The summed E-state index contributed by atoms with van der Waals surface area (Å²) >= 11 is 0. The van der Waals surface area contributed by atoms with Gasteiger partial charge in [-0.05, 0) is 50.4 Å². The molecule has 2 N–H and O–H groups in total. The highest BCUT2D eigenvalue weighted by atomic mass is 16.3. The minimum atomic E-state index is -0.117. The van der Waals surface area contributed by atoms with Crippen LogP contribution in [0.3, 0.4) is 0 Å². The van der Waals surface area contributed by atoms with Crippen molar-refractivity contribution >= 4 is 5.91 Å². The van der Waals surface area contributed by atoms with Gasteiger partial charge in [0, 0.05) is 19.0 Å². The Labute approximate surface area is 143 Å². The fourth-order valence-corrected chi connectivity index (χ4v) is 5.39. The number of aliphatic hydroxyl groups excluding tert-OH is 1. The normalized spacial score (nSPS) is 33.6. The van der Waals surface area contributed by atoms with Gasteiger partial charge >= 0.3 is 0 Å². The summed E-state index contributed by atoms with van der Waals surface area (Å²) in [6.07, 6.45) is 11.7. The number of fused-ring (bicyclic) bond motifs is 1. The topological polar surface area (TPSA) is 69.2 Å². The van der Waals surface area contributed by atoms with Crippen LogP contribution in [0.15, 0.2) is 6.20 Å². The zero-order valence-electron chi connectivity index (χ0n) is 14.6. The molecule has 0 saturated heterocycles. The summed E-state index contributed by atoms with van der Waals surface area (Å²) in [4.78, 5) is 15.0. The molecule has 0 bridgehead atoms. The van der Waals surface area contributed by atoms with Crippen LogP contribution < -0.4 is 0 Å². The summed E-state index contributed by atoms with van der Waals surface area (Å²) in [6, 6.07) is 0.314. The molecule has 1 amide bonds. The first-order valence-corrected chi connectivity index (χ1v) is 9.62. The highest BCUT2D eigenvalue weighted by Gasteiger charge is 2.43. The molecule has 0 aliphatic heterocycles. The highest BCUT2D eigenvalue weighted by molar-refractivity contribution is 5.95. The molecule has 24 heavy (non-hydrogen) atoms. The summed E-state index contributed by atoms with van der Waals surface area (Å²) < 4.78 is 0. The van der Waals surface area contributed by atoms with Crippen LogP contribution in [-0.4, -0.2) is 45.3 Å². The number of hydrogen-bond acceptors (Lipinski definition) is 3. The lowest BCUT2D eigenvalue weighted by Gasteiger charge is -2.27. The summed E-state index contributed by atoms with van der Waals surface area (Å²) in [7, 11) is 1.95.